The molecule has 0 atom stereocenters. The lowest BCUT2D eigenvalue weighted by Gasteiger charge is -2.13. The van der Waals surface area contributed by atoms with Crippen LogP contribution in [0.4, 0.5) is 4.39 Å². The Morgan fingerprint density at radius 3 is 2.62 bits per heavy atom. The summed E-state index contributed by atoms with van der Waals surface area (Å²) < 4.78 is 31.4. The fraction of sp³-hybridized carbons (Fsp3) is 0.182. The maximum absolute atomic E-state index is 13.8. The van der Waals surface area contributed by atoms with Crippen LogP contribution in [0, 0.1) is 5.82 Å². The van der Waals surface area contributed by atoms with Gasteiger partial charge in [-0.2, -0.15) is 0 Å². The maximum atomic E-state index is 13.8. The number of hydrogen-bond donors (Lipinski definition) is 1. The van der Waals surface area contributed by atoms with Crippen molar-refractivity contribution in [1.29, 1.82) is 0 Å². The lowest BCUT2D eigenvalue weighted by atomic mass is 10.1. The van der Waals surface area contributed by atoms with Crippen LogP contribution in [0.3, 0.4) is 0 Å². The Balaban J connectivity index is 0.00000240. The molecule has 3 aromatic carbocycles. The molecule has 0 aromatic heterocycles. The minimum Gasteiger partial charge on any atom is -0.488 e. The summed E-state index contributed by atoms with van der Waals surface area (Å²) in [6.45, 7) is 1.74. The Kier molecular flexibility index (Phi) is 7.36. The van der Waals surface area contributed by atoms with E-state index in [4.69, 9.17) is 14.2 Å². The number of halogens is 3. The lowest BCUT2D eigenvalue weighted by Crippen LogP contribution is -2.14. The van der Waals surface area contributed by atoms with E-state index in [1.165, 1.54) is 6.07 Å². The molecule has 3 aromatic rings. The molecule has 0 aliphatic carbocycles. The van der Waals surface area contributed by atoms with Crippen LogP contribution >= 0.6 is 28.3 Å². The van der Waals surface area contributed by atoms with Crippen LogP contribution in [0.2, 0.25) is 0 Å². The number of hydrogen-bond acceptors (Lipinski definition) is 4. The minimum absolute atomic E-state index is 0. The lowest BCUT2D eigenvalue weighted by molar-refractivity contribution is 0.174. The second-order valence-corrected chi connectivity index (χ2v) is 7.34. The Bertz CT molecular complexity index is 986. The molecule has 1 aliphatic rings. The molecule has 0 spiro atoms. The van der Waals surface area contributed by atoms with Crippen LogP contribution in [0.25, 0.3) is 0 Å². The van der Waals surface area contributed by atoms with E-state index in [1.807, 2.05) is 36.4 Å². The largest absolute Gasteiger partial charge is 0.488 e. The zero-order valence-corrected chi connectivity index (χ0v) is 17.9. The summed E-state index contributed by atoms with van der Waals surface area (Å²) in [7, 11) is 0. The van der Waals surface area contributed by atoms with E-state index in [2.05, 4.69) is 21.2 Å². The average Bonchev–Trinajstić information content (AvgIpc) is 3.16. The highest BCUT2D eigenvalue weighted by atomic mass is 79.9. The molecule has 4 nitrogen and oxygen atoms in total. The van der Waals surface area contributed by atoms with Gasteiger partial charge in [0.05, 0.1) is 0 Å². The second-order valence-electron chi connectivity index (χ2n) is 6.42. The van der Waals surface area contributed by atoms with Crippen LogP contribution in [-0.4, -0.2) is 6.79 Å². The first-order valence-electron chi connectivity index (χ1n) is 8.93. The molecule has 0 fully saturated rings. The summed E-state index contributed by atoms with van der Waals surface area (Å²) >= 11 is 3.50. The maximum Gasteiger partial charge on any atom is 0.231 e. The highest BCUT2D eigenvalue weighted by molar-refractivity contribution is 9.10. The zero-order valence-electron chi connectivity index (χ0n) is 15.5. The molecule has 0 saturated carbocycles. The van der Waals surface area contributed by atoms with Crippen LogP contribution in [0.15, 0.2) is 65.1 Å². The predicted octanol–water partition coefficient (Wildman–Crippen LogP) is 5.61. The molecule has 1 heterocycles. The molecule has 1 N–H and O–H groups in total. The third-order valence-electron chi connectivity index (χ3n) is 4.45. The third kappa shape index (κ3) is 5.41. The number of rotatable bonds is 7. The van der Waals surface area contributed by atoms with Gasteiger partial charge in [-0.1, -0.05) is 40.2 Å². The van der Waals surface area contributed by atoms with Crippen molar-refractivity contribution in [3.8, 4) is 17.2 Å². The van der Waals surface area contributed by atoms with Crippen molar-refractivity contribution in [1.82, 2.24) is 5.32 Å². The summed E-state index contributed by atoms with van der Waals surface area (Å²) in [6.07, 6.45) is 0. The van der Waals surface area contributed by atoms with Gasteiger partial charge < -0.3 is 19.5 Å². The first-order valence-corrected chi connectivity index (χ1v) is 9.72. The highest BCUT2D eigenvalue weighted by Crippen LogP contribution is 2.32. The summed E-state index contributed by atoms with van der Waals surface area (Å²) in [5.41, 5.74) is 2.63. The molecule has 29 heavy (non-hydrogen) atoms. The summed E-state index contributed by atoms with van der Waals surface area (Å²) in [4.78, 5) is 0. The van der Waals surface area contributed by atoms with Gasteiger partial charge in [-0.25, -0.2) is 4.39 Å². The van der Waals surface area contributed by atoms with Gasteiger partial charge in [0, 0.05) is 28.7 Å². The van der Waals surface area contributed by atoms with Crippen LogP contribution in [-0.2, 0) is 19.7 Å². The monoisotopic (exact) mass is 479 g/mol. The van der Waals surface area contributed by atoms with Crippen molar-refractivity contribution in [2.24, 2.45) is 0 Å². The molecule has 0 saturated heterocycles. The van der Waals surface area contributed by atoms with Gasteiger partial charge >= 0.3 is 0 Å². The van der Waals surface area contributed by atoms with Crippen molar-refractivity contribution in [2.45, 2.75) is 19.7 Å². The molecular formula is C22H20BrClFNO3. The van der Waals surface area contributed by atoms with Crippen LogP contribution in [0.1, 0.15) is 16.7 Å². The van der Waals surface area contributed by atoms with Gasteiger partial charge in [0.2, 0.25) is 6.79 Å². The highest BCUT2D eigenvalue weighted by Gasteiger charge is 2.13. The van der Waals surface area contributed by atoms with Crippen molar-refractivity contribution in [3.63, 3.8) is 0 Å². The Morgan fingerprint density at radius 1 is 0.931 bits per heavy atom. The summed E-state index contributed by atoms with van der Waals surface area (Å²) in [5.74, 6) is 2.02. The standard InChI is InChI=1S/C22H19BrFNO3.ClH/c23-18-6-8-20(26-13-16-3-1-2-4-19(16)24)17(10-18)12-25-11-15-5-7-21-22(9-15)28-14-27-21;/h1-10,25H,11-14H2;1H. The first kappa shape index (κ1) is 21.4. The Morgan fingerprint density at radius 2 is 1.76 bits per heavy atom. The van der Waals surface area contributed by atoms with E-state index in [-0.39, 0.29) is 31.6 Å². The van der Waals surface area contributed by atoms with Crippen LogP contribution in [0.5, 0.6) is 17.2 Å². The molecule has 0 amide bonds. The van der Waals surface area contributed by atoms with E-state index in [0.717, 1.165) is 32.8 Å². The summed E-state index contributed by atoms with van der Waals surface area (Å²) in [6, 6.07) is 18.4. The number of ether oxygens (including phenoxy) is 3. The van der Waals surface area contributed by atoms with Crippen molar-refractivity contribution >= 4 is 28.3 Å². The van der Waals surface area contributed by atoms with Crippen molar-refractivity contribution in [2.75, 3.05) is 6.79 Å². The van der Waals surface area contributed by atoms with E-state index < -0.39 is 0 Å². The van der Waals surface area contributed by atoms with Gasteiger partial charge in [0.25, 0.3) is 0 Å². The molecule has 0 radical (unpaired) electrons. The van der Waals surface area contributed by atoms with Gasteiger partial charge in [-0.3, -0.25) is 0 Å². The van der Waals surface area contributed by atoms with E-state index in [9.17, 15) is 4.39 Å². The topological polar surface area (TPSA) is 39.7 Å². The van der Waals surface area contributed by atoms with Gasteiger partial charge in [-0.05, 0) is 42.0 Å². The van der Waals surface area contributed by atoms with Crippen molar-refractivity contribution in [3.05, 3.63) is 87.6 Å². The predicted molar refractivity (Wildman–Crippen MR) is 115 cm³/mol. The van der Waals surface area contributed by atoms with Crippen molar-refractivity contribution < 1.29 is 18.6 Å². The number of nitrogens with one attached hydrogen (secondary N) is 1. The fourth-order valence-corrected chi connectivity index (χ4v) is 3.40. The Hall–Kier alpha value is -2.28. The smallest absolute Gasteiger partial charge is 0.231 e. The first-order chi connectivity index (χ1) is 13.7. The molecule has 4 rings (SSSR count). The number of benzene rings is 3. The van der Waals surface area contributed by atoms with Gasteiger partial charge in [-0.15, -0.1) is 12.4 Å². The minimum atomic E-state index is -0.262. The molecule has 1 aliphatic heterocycles. The van der Waals surface area contributed by atoms with Crippen LogP contribution < -0.4 is 19.5 Å². The van der Waals surface area contributed by atoms with E-state index in [0.29, 0.717) is 18.7 Å². The average molecular weight is 481 g/mol. The molecule has 0 bridgehead atoms. The van der Waals surface area contributed by atoms with Gasteiger partial charge in [0.15, 0.2) is 11.5 Å². The second kappa shape index (κ2) is 9.96. The zero-order chi connectivity index (χ0) is 19.3. The molecule has 0 unspecified atom stereocenters. The van der Waals surface area contributed by atoms with E-state index >= 15 is 0 Å². The normalized spacial score (nSPS) is 11.8. The fourth-order valence-electron chi connectivity index (χ4n) is 2.99. The summed E-state index contributed by atoms with van der Waals surface area (Å²) in [5, 5.41) is 3.42. The quantitative estimate of drug-likeness (QED) is 0.477. The van der Waals surface area contributed by atoms with Gasteiger partial charge in [0.1, 0.15) is 18.2 Å². The molecule has 152 valence electrons. The van der Waals surface area contributed by atoms with E-state index in [1.54, 1.807) is 18.2 Å². The Labute approximate surface area is 183 Å². The number of fused-ring (bicyclic) bond motifs is 1. The SMILES string of the molecule is Cl.Fc1ccccc1COc1ccc(Br)cc1CNCc1ccc2c(c1)OCO2. The molecule has 7 heteroatoms. The molecular weight excluding hydrogens is 461 g/mol. The third-order valence-corrected chi connectivity index (χ3v) is 4.94.